The molecular weight excluding hydrogens is 250 g/mol. The number of ether oxygens (including phenoxy) is 1. The second-order valence-corrected chi connectivity index (χ2v) is 5.80. The van der Waals surface area contributed by atoms with E-state index in [-0.39, 0.29) is 0 Å². The summed E-state index contributed by atoms with van der Waals surface area (Å²) in [5.41, 5.74) is 1.10. The molecule has 1 fully saturated rings. The second-order valence-electron chi connectivity index (χ2n) is 5.80. The van der Waals surface area contributed by atoms with Gasteiger partial charge >= 0.3 is 0 Å². The van der Waals surface area contributed by atoms with Gasteiger partial charge in [-0.2, -0.15) is 0 Å². The Morgan fingerprint density at radius 1 is 1.30 bits per heavy atom. The number of nitrogens with one attached hydrogen (secondary N) is 1. The van der Waals surface area contributed by atoms with E-state index < -0.39 is 0 Å². The van der Waals surface area contributed by atoms with Gasteiger partial charge in [0, 0.05) is 25.4 Å². The number of nitrogens with zero attached hydrogens (tertiary/aromatic N) is 2. The first-order chi connectivity index (χ1) is 9.81. The van der Waals surface area contributed by atoms with Crippen LogP contribution in [0.25, 0.3) is 0 Å². The maximum Gasteiger partial charge on any atom is 0.203 e. The van der Waals surface area contributed by atoms with Crippen molar-refractivity contribution in [3.05, 3.63) is 11.9 Å². The van der Waals surface area contributed by atoms with E-state index in [1.54, 1.807) is 0 Å². The first-order valence-corrected chi connectivity index (χ1v) is 8.18. The summed E-state index contributed by atoms with van der Waals surface area (Å²) in [6.45, 7) is 6.73. The summed E-state index contributed by atoms with van der Waals surface area (Å²) < 4.78 is 7.94. The fourth-order valence-electron chi connectivity index (χ4n) is 2.87. The van der Waals surface area contributed by atoms with Gasteiger partial charge in [0.1, 0.15) is 0 Å². The lowest BCUT2D eigenvalue weighted by Crippen LogP contribution is -2.18. The van der Waals surface area contributed by atoms with Gasteiger partial charge in [-0.15, -0.1) is 0 Å². The highest BCUT2D eigenvalue weighted by molar-refractivity contribution is 5.29. The van der Waals surface area contributed by atoms with Crippen molar-refractivity contribution >= 4 is 5.95 Å². The molecule has 1 aromatic rings. The number of hydrogen-bond donors (Lipinski definition) is 1. The predicted octanol–water partition coefficient (Wildman–Crippen LogP) is 3.93. The third-order valence-corrected chi connectivity index (χ3v) is 3.99. The molecule has 2 rings (SSSR count). The van der Waals surface area contributed by atoms with E-state index in [1.165, 1.54) is 38.5 Å². The van der Waals surface area contributed by atoms with Crippen molar-refractivity contribution in [1.82, 2.24) is 9.55 Å². The monoisotopic (exact) mass is 279 g/mol. The standard InChI is InChI=1S/C16H29N3O/c1-3-4-11-20-12-10-17-16-18-14(2)13-19(16)15-8-6-5-7-9-15/h13,15H,3-12H2,1-2H3,(H,17,18). The van der Waals surface area contributed by atoms with Gasteiger partial charge in [0.2, 0.25) is 5.95 Å². The van der Waals surface area contributed by atoms with Crippen LogP contribution in [0.15, 0.2) is 6.20 Å². The predicted molar refractivity (Wildman–Crippen MR) is 83.3 cm³/mol. The molecule has 4 nitrogen and oxygen atoms in total. The SMILES string of the molecule is CCCCOCCNc1nc(C)cn1C1CCCCC1. The Kier molecular flexibility index (Phi) is 6.37. The molecule has 0 saturated heterocycles. The van der Waals surface area contributed by atoms with Crippen molar-refractivity contribution in [2.75, 3.05) is 25.1 Å². The van der Waals surface area contributed by atoms with E-state index in [0.29, 0.717) is 6.04 Å². The van der Waals surface area contributed by atoms with Crippen LogP contribution < -0.4 is 5.32 Å². The summed E-state index contributed by atoms with van der Waals surface area (Å²) in [5.74, 6) is 1.02. The highest BCUT2D eigenvalue weighted by atomic mass is 16.5. The minimum Gasteiger partial charge on any atom is -0.380 e. The molecule has 0 aromatic carbocycles. The molecule has 0 spiro atoms. The lowest BCUT2D eigenvalue weighted by Gasteiger charge is -2.24. The van der Waals surface area contributed by atoms with Crippen LogP contribution in [0.3, 0.4) is 0 Å². The molecule has 1 aromatic heterocycles. The van der Waals surface area contributed by atoms with Crippen LogP contribution >= 0.6 is 0 Å². The Bertz CT molecular complexity index is 383. The Hall–Kier alpha value is -1.03. The van der Waals surface area contributed by atoms with Crippen LogP contribution in [0, 0.1) is 6.92 Å². The maximum atomic E-state index is 5.59. The molecule has 0 unspecified atom stereocenters. The van der Waals surface area contributed by atoms with Crippen LogP contribution in [-0.2, 0) is 4.74 Å². The van der Waals surface area contributed by atoms with E-state index in [1.807, 2.05) is 0 Å². The van der Waals surface area contributed by atoms with Crippen molar-refractivity contribution < 1.29 is 4.74 Å². The molecule has 114 valence electrons. The summed E-state index contributed by atoms with van der Waals surface area (Å²) in [5, 5.41) is 3.44. The van der Waals surface area contributed by atoms with Gasteiger partial charge in [-0.3, -0.25) is 0 Å². The number of aryl methyl sites for hydroxylation is 1. The molecule has 20 heavy (non-hydrogen) atoms. The van der Waals surface area contributed by atoms with Crippen LogP contribution in [0.1, 0.15) is 63.6 Å². The number of imidazole rings is 1. The number of anilines is 1. The van der Waals surface area contributed by atoms with Gasteiger partial charge in [0.25, 0.3) is 0 Å². The maximum absolute atomic E-state index is 5.59. The molecule has 1 aliphatic rings. The van der Waals surface area contributed by atoms with Crippen LogP contribution in [0.2, 0.25) is 0 Å². The van der Waals surface area contributed by atoms with Crippen molar-refractivity contribution in [2.24, 2.45) is 0 Å². The fourth-order valence-corrected chi connectivity index (χ4v) is 2.87. The summed E-state index contributed by atoms with van der Waals surface area (Å²) in [6.07, 6.45) is 11.2. The van der Waals surface area contributed by atoms with Gasteiger partial charge in [-0.05, 0) is 26.2 Å². The van der Waals surface area contributed by atoms with E-state index in [2.05, 4.69) is 34.9 Å². The normalized spacial score (nSPS) is 16.5. The molecule has 0 bridgehead atoms. The zero-order valence-corrected chi connectivity index (χ0v) is 13.0. The van der Waals surface area contributed by atoms with E-state index in [4.69, 9.17) is 4.74 Å². The minimum absolute atomic E-state index is 0.633. The molecule has 4 heteroatoms. The van der Waals surface area contributed by atoms with Crippen LogP contribution in [-0.4, -0.2) is 29.3 Å². The molecule has 0 amide bonds. The molecule has 1 N–H and O–H groups in total. The lowest BCUT2D eigenvalue weighted by molar-refractivity contribution is 0.140. The molecule has 1 heterocycles. The number of rotatable bonds is 8. The summed E-state index contributed by atoms with van der Waals surface area (Å²) in [7, 11) is 0. The average Bonchev–Trinajstić information content (AvgIpc) is 2.85. The van der Waals surface area contributed by atoms with Gasteiger partial charge < -0.3 is 14.6 Å². The largest absolute Gasteiger partial charge is 0.380 e. The smallest absolute Gasteiger partial charge is 0.203 e. The molecule has 1 aliphatic carbocycles. The van der Waals surface area contributed by atoms with E-state index in [9.17, 15) is 0 Å². The first-order valence-electron chi connectivity index (χ1n) is 8.18. The van der Waals surface area contributed by atoms with E-state index >= 15 is 0 Å². The Labute approximate surface area is 122 Å². The van der Waals surface area contributed by atoms with Crippen molar-refractivity contribution in [3.63, 3.8) is 0 Å². The van der Waals surface area contributed by atoms with E-state index in [0.717, 1.165) is 37.8 Å². The van der Waals surface area contributed by atoms with Crippen LogP contribution in [0.5, 0.6) is 0 Å². The second kappa shape index (κ2) is 8.30. The Morgan fingerprint density at radius 3 is 2.85 bits per heavy atom. The molecule has 0 radical (unpaired) electrons. The van der Waals surface area contributed by atoms with Gasteiger partial charge in [0.15, 0.2) is 0 Å². The fraction of sp³-hybridized carbons (Fsp3) is 0.812. The molecule has 0 aliphatic heterocycles. The zero-order chi connectivity index (χ0) is 14.2. The summed E-state index contributed by atoms with van der Waals surface area (Å²) in [4.78, 5) is 4.62. The Morgan fingerprint density at radius 2 is 2.10 bits per heavy atom. The molecule has 1 saturated carbocycles. The number of hydrogen-bond acceptors (Lipinski definition) is 3. The molecule has 0 atom stereocenters. The molecular formula is C16H29N3O. The average molecular weight is 279 g/mol. The van der Waals surface area contributed by atoms with Crippen molar-refractivity contribution in [3.8, 4) is 0 Å². The summed E-state index contributed by atoms with van der Waals surface area (Å²) >= 11 is 0. The highest BCUT2D eigenvalue weighted by Crippen LogP contribution is 2.30. The van der Waals surface area contributed by atoms with Gasteiger partial charge in [-0.25, -0.2) is 4.98 Å². The van der Waals surface area contributed by atoms with Gasteiger partial charge in [0.05, 0.1) is 12.3 Å². The third kappa shape index (κ3) is 4.51. The topological polar surface area (TPSA) is 39.1 Å². The number of unbranched alkanes of at least 4 members (excludes halogenated alkanes) is 1. The van der Waals surface area contributed by atoms with Crippen molar-refractivity contribution in [2.45, 2.75) is 64.8 Å². The summed E-state index contributed by atoms with van der Waals surface area (Å²) in [6, 6.07) is 0.633. The van der Waals surface area contributed by atoms with Crippen molar-refractivity contribution in [1.29, 1.82) is 0 Å². The van der Waals surface area contributed by atoms with Gasteiger partial charge in [-0.1, -0.05) is 32.6 Å². The first kappa shape index (κ1) is 15.4. The number of aromatic nitrogens is 2. The van der Waals surface area contributed by atoms with Crippen LogP contribution in [0.4, 0.5) is 5.95 Å². The Balaban J connectivity index is 1.81. The zero-order valence-electron chi connectivity index (χ0n) is 13.0. The highest BCUT2D eigenvalue weighted by Gasteiger charge is 2.18. The quantitative estimate of drug-likeness (QED) is 0.733. The third-order valence-electron chi connectivity index (χ3n) is 3.99. The lowest BCUT2D eigenvalue weighted by atomic mass is 9.95. The minimum atomic E-state index is 0.633.